The average molecular weight is 180 g/mol. The molecule has 1 rings (SSSR count). The first-order valence-corrected chi connectivity index (χ1v) is 4.40. The lowest BCUT2D eigenvalue weighted by atomic mass is 9.97. The third kappa shape index (κ3) is 3.53. The van der Waals surface area contributed by atoms with Gasteiger partial charge in [-0.1, -0.05) is 0 Å². The van der Waals surface area contributed by atoms with Crippen LogP contribution in [0.25, 0.3) is 0 Å². The van der Waals surface area contributed by atoms with Crippen LogP contribution in [-0.4, -0.2) is 29.3 Å². The number of likely N-dealkylation sites (N-methyl/N-ethyl adjacent to an activating group) is 1. The zero-order valence-corrected chi connectivity index (χ0v) is 8.12. The minimum atomic E-state index is -0.684. The number of rotatable bonds is 4. The van der Waals surface area contributed by atoms with Crippen molar-refractivity contribution in [1.29, 1.82) is 0 Å². The minimum absolute atomic E-state index is 0.593. The van der Waals surface area contributed by atoms with E-state index in [9.17, 15) is 5.11 Å². The van der Waals surface area contributed by atoms with Crippen LogP contribution in [-0.2, 0) is 6.42 Å². The highest BCUT2D eigenvalue weighted by atomic mass is 16.3. The number of nitrogens with zero attached hydrogens (tertiary/aromatic N) is 1. The van der Waals surface area contributed by atoms with Gasteiger partial charge in [-0.15, -0.1) is 0 Å². The van der Waals surface area contributed by atoms with Gasteiger partial charge in [-0.05, 0) is 31.7 Å². The van der Waals surface area contributed by atoms with E-state index in [1.807, 2.05) is 26.1 Å². The number of pyridine rings is 1. The second-order valence-corrected chi connectivity index (χ2v) is 3.56. The van der Waals surface area contributed by atoms with E-state index >= 15 is 0 Å². The molecule has 0 saturated heterocycles. The van der Waals surface area contributed by atoms with Gasteiger partial charge in [0.05, 0.1) is 5.60 Å². The molecule has 0 bridgehead atoms. The van der Waals surface area contributed by atoms with Gasteiger partial charge in [-0.3, -0.25) is 4.98 Å². The van der Waals surface area contributed by atoms with E-state index in [0.717, 1.165) is 5.56 Å². The highest BCUT2D eigenvalue weighted by molar-refractivity contribution is 5.12. The molecular formula is C10H16N2O. The second-order valence-electron chi connectivity index (χ2n) is 3.56. The molecular weight excluding hydrogens is 164 g/mol. The van der Waals surface area contributed by atoms with Crippen molar-refractivity contribution in [3.05, 3.63) is 30.1 Å². The summed E-state index contributed by atoms with van der Waals surface area (Å²) in [6.07, 6.45) is 4.13. The lowest BCUT2D eigenvalue weighted by Gasteiger charge is -2.22. The first-order valence-electron chi connectivity index (χ1n) is 4.40. The highest BCUT2D eigenvalue weighted by Gasteiger charge is 2.19. The van der Waals surface area contributed by atoms with E-state index in [2.05, 4.69) is 10.3 Å². The number of hydrogen-bond acceptors (Lipinski definition) is 3. The summed E-state index contributed by atoms with van der Waals surface area (Å²) in [4.78, 5) is 3.92. The minimum Gasteiger partial charge on any atom is -0.389 e. The molecule has 0 radical (unpaired) electrons. The van der Waals surface area contributed by atoms with Gasteiger partial charge < -0.3 is 10.4 Å². The van der Waals surface area contributed by atoms with Crippen LogP contribution >= 0.6 is 0 Å². The molecule has 1 aromatic rings. The largest absolute Gasteiger partial charge is 0.389 e. The molecule has 0 saturated carbocycles. The van der Waals surface area contributed by atoms with Crippen LogP contribution in [0.1, 0.15) is 12.5 Å². The lowest BCUT2D eigenvalue weighted by Crippen LogP contribution is -2.38. The monoisotopic (exact) mass is 180 g/mol. The van der Waals surface area contributed by atoms with Crippen LogP contribution in [0.2, 0.25) is 0 Å². The molecule has 13 heavy (non-hydrogen) atoms. The smallest absolute Gasteiger partial charge is 0.0783 e. The SMILES string of the molecule is CNCC(C)(O)Cc1ccncc1. The van der Waals surface area contributed by atoms with E-state index < -0.39 is 5.60 Å². The molecule has 0 fully saturated rings. The van der Waals surface area contributed by atoms with Gasteiger partial charge in [0.15, 0.2) is 0 Å². The van der Waals surface area contributed by atoms with Crippen molar-refractivity contribution in [3.8, 4) is 0 Å². The van der Waals surface area contributed by atoms with E-state index in [1.165, 1.54) is 0 Å². The van der Waals surface area contributed by atoms with Crippen molar-refractivity contribution < 1.29 is 5.11 Å². The Labute approximate surface area is 78.8 Å². The van der Waals surface area contributed by atoms with Crippen molar-refractivity contribution in [2.45, 2.75) is 18.9 Å². The lowest BCUT2D eigenvalue weighted by molar-refractivity contribution is 0.0622. The average Bonchev–Trinajstić information content (AvgIpc) is 2.04. The van der Waals surface area contributed by atoms with Crippen molar-refractivity contribution in [3.63, 3.8) is 0 Å². The molecule has 3 heteroatoms. The van der Waals surface area contributed by atoms with Crippen molar-refractivity contribution >= 4 is 0 Å². The Morgan fingerprint density at radius 2 is 2.08 bits per heavy atom. The maximum atomic E-state index is 9.88. The summed E-state index contributed by atoms with van der Waals surface area (Å²) < 4.78 is 0. The molecule has 2 N–H and O–H groups in total. The normalized spacial score (nSPS) is 15.3. The Kier molecular flexibility index (Phi) is 3.39. The van der Waals surface area contributed by atoms with Gasteiger partial charge in [0.25, 0.3) is 0 Å². The molecule has 1 heterocycles. The molecule has 0 aromatic carbocycles. The molecule has 0 amide bonds. The summed E-state index contributed by atoms with van der Waals surface area (Å²) in [5, 5.41) is 12.8. The van der Waals surface area contributed by atoms with Crippen LogP contribution in [0.5, 0.6) is 0 Å². The fourth-order valence-corrected chi connectivity index (χ4v) is 1.38. The third-order valence-corrected chi connectivity index (χ3v) is 1.89. The zero-order valence-electron chi connectivity index (χ0n) is 8.12. The Morgan fingerprint density at radius 3 is 2.62 bits per heavy atom. The van der Waals surface area contributed by atoms with Gasteiger partial charge in [-0.2, -0.15) is 0 Å². The fourth-order valence-electron chi connectivity index (χ4n) is 1.38. The van der Waals surface area contributed by atoms with Gasteiger partial charge in [0.2, 0.25) is 0 Å². The zero-order chi connectivity index (χ0) is 9.73. The maximum absolute atomic E-state index is 9.88. The molecule has 0 aliphatic heterocycles. The summed E-state index contributed by atoms with van der Waals surface area (Å²) in [6, 6.07) is 3.84. The fraction of sp³-hybridized carbons (Fsp3) is 0.500. The van der Waals surface area contributed by atoms with Gasteiger partial charge in [-0.25, -0.2) is 0 Å². The predicted octanol–water partition coefficient (Wildman–Crippen LogP) is 0.594. The standard InChI is InChI=1S/C10H16N2O/c1-10(13,8-11-2)7-9-3-5-12-6-4-9/h3-6,11,13H,7-8H2,1-2H3. The van der Waals surface area contributed by atoms with Gasteiger partial charge >= 0.3 is 0 Å². The molecule has 0 aliphatic carbocycles. The quantitative estimate of drug-likeness (QED) is 0.713. The van der Waals surface area contributed by atoms with Crippen LogP contribution in [0.3, 0.4) is 0 Å². The van der Waals surface area contributed by atoms with Gasteiger partial charge in [0, 0.05) is 25.4 Å². The molecule has 72 valence electrons. The molecule has 3 nitrogen and oxygen atoms in total. The van der Waals surface area contributed by atoms with Crippen LogP contribution in [0, 0.1) is 0 Å². The maximum Gasteiger partial charge on any atom is 0.0783 e. The van der Waals surface area contributed by atoms with E-state index in [0.29, 0.717) is 13.0 Å². The summed E-state index contributed by atoms with van der Waals surface area (Å²) in [5.74, 6) is 0. The molecule has 1 atom stereocenters. The number of hydrogen-bond donors (Lipinski definition) is 2. The Balaban J connectivity index is 2.58. The number of aromatic nitrogens is 1. The van der Waals surface area contributed by atoms with Crippen molar-refractivity contribution in [2.75, 3.05) is 13.6 Å². The molecule has 0 spiro atoms. The predicted molar refractivity (Wildman–Crippen MR) is 52.5 cm³/mol. The Morgan fingerprint density at radius 1 is 1.46 bits per heavy atom. The first kappa shape index (κ1) is 10.2. The summed E-state index contributed by atoms with van der Waals surface area (Å²) in [7, 11) is 1.83. The van der Waals surface area contributed by atoms with Crippen LogP contribution < -0.4 is 5.32 Å². The Hall–Kier alpha value is -0.930. The molecule has 1 aromatic heterocycles. The molecule has 0 aliphatic rings. The van der Waals surface area contributed by atoms with Crippen molar-refractivity contribution in [2.24, 2.45) is 0 Å². The Bertz CT molecular complexity index is 246. The number of aliphatic hydroxyl groups is 1. The molecule has 1 unspecified atom stereocenters. The van der Waals surface area contributed by atoms with Crippen LogP contribution in [0.4, 0.5) is 0 Å². The van der Waals surface area contributed by atoms with E-state index in [1.54, 1.807) is 12.4 Å². The van der Waals surface area contributed by atoms with E-state index in [4.69, 9.17) is 0 Å². The topological polar surface area (TPSA) is 45.1 Å². The van der Waals surface area contributed by atoms with E-state index in [-0.39, 0.29) is 0 Å². The first-order chi connectivity index (χ1) is 6.14. The summed E-state index contributed by atoms with van der Waals surface area (Å²) in [5.41, 5.74) is 0.422. The van der Waals surface area contributed by atoms with Gasteiger partial charge in [0.1, 0.15) is 0 Å². The number of nitrogens with one attached hydrogen (secondary N) is 1. The summed E-state index contributed by atoms with van der Waals surface area (Å²) in [6.45, 7) is 2.42. The van der Waals surface area contributed by atoms with Crippen LogP contribution in [0.15, 0.2) is 24.5 Å². The third-order valence-electron chi connectivity index (χ3n) is 1.89. The van der Waals surface area contributed by atoms with Crippen molar-refractivity contribution in [1.82, 2.24) is 10.3 Å². The summed E-state index contributed by atoms with van der Waals surface area (Å²) >= 11 is 0. The highest BCUT2D eigenvalue weighted by Crippen LogP contribution is 2.10. The second kappa shape index (κ2) is 4.35.